The van der Waals surface area contributed by atoms with Crippen LogP contribution < -0.4 is 5.32 Å². The van der Waals surface area contributed by atoms with Crippen LogP contribution >= 0.6 is 44.3 Å². The third kappa shape index (κ3) is 6.46. The van der Waals surface area contributed by atoms with Gasteiger partial charge in [-0.05, 0) is 20.8 Å². The first-order valence-electron chi connectivity index (χ1n) is 9.62. The molecule has 0 aromatic carbocycles. The number of thiophene rings is 1. The summed E-state index contributed by atoms with van der Waals surface area (Å²) in [6.45, 7) is 6.05. The van der Waals surface area contributed by atoms with E-state index in [2.05, 4.69) is 15.5 Å². The average Bonchev–Trinajstić information content (AvgIpc) is 3.25. The molecule has 3 heterocycles. The second-order valence-corrected chi connectivity index (χ2v) is 13.0. The summed E-state index contributed by atoms with van der Waals surface area (Å²) in [6, 6.07) is 1.90. The Balaban J connectivity index is 1.58. The van der Waals surface area contributed by atoms with Crippen molar-refractivity contribution in [2.24, 2.45) is 0 Å². The van der Waals surface area contributed by atoms with E-state index >= 15 is 0 Å². The van der Waals surface area contributed by atoms with E-state index in [0.717, 1.165) is 16.6 Å². The quantitative estimate of drug-likeness (QED) is 0.275. The number of thioether (sulfide) groups is 1. The zero-order valence-electron chi connectivity index (χ0n) is 17.1. The molecular weight excluding hydrogens is 539 g/mol. The number of allylic oxidation sites excluding steroid dienone is 2. The minimum atomic E-state index is -2.03. The van der Waals surface area contributed by atoms with Gasteiger partial charge in [0.05, 0.1) is 0 Å². The van der Waals surface area contributed by atoms with Crippen LogP contribution in [-0.2, 0) is 4.74 Å². The number of alkyl carbamates (subject to hydrolysis) is 1. The third-order valence-electron chi connectivity index (χ3n) is 4.14. The number of unbranched alkanes of at least 4 members (excludes halogenated alkanes) is 1. The summed E-state index contributed by atoms with van der Waals surface area (Å²) in [5, 5.41) is 21.4. The summed E-state index contributed by atoms with van der Waals surface area (Å²) >= 11 is 1.98. The number of carbonyl (C=O) groups is 2. The minimum absolute atomic E-state index is 0.162. The number of ether oxygens (including phenoxy) is 1. The fourth-order valence-electron chi connectivity index (χ4n) is 2.92. The SMILES string of the molecule is CC(C)(C)OC(=O)NCCCCN1CC(O)(O)Sc2cc(C3=CC=C[IH]3)sc2C1=O. The van der Waals surface area contributed by atoms with Gasteiger partial charge in [-0.15, -0.1) is 0 Å². The molecule has 166 valence electrons. The molecule has 3 N–H and O–H groups in total. The number of carbonyl (C=O) groups excluding carboxylic acids is 2. The van der Waals surface area contributed by atoms with Crippen molar-refractivity contribution in [2.45, 2.75) is 49.2 Å². The van der Waals surface area contributed by atoms with Crippen LogP contribution in [0, 0.1) is 0 Å². The van der Waals surface area contributed by atoms with Crippen molar-refractivity contribution in [1.82, 2.24) is 10.2 Å². The van der Waals surface area contributed by atoms with Crippen LogP contribution in [0.1, 0.15) is 48.2 Å². The molecule has 0 aliphatic carbocycles. The number of rotatable bonds is 6. The Labute approximate surface area is 194 Å². The molecule has 10 heteroatoms. The van der Waals surface area contributed by atoms with Crippen LogP contribution in [0.15, 0.2) is 27.2 Å². The molecule has 3 rings (SSSR count). The van der Waals surface area contributed by atoms with Crippen LogP contribution in [-0.4, -0.2) is 57.5 Å². The van der Waals surface area contributed by atoms with Crippen molar-refractivity contribution < 1.29 is 24.5 Å². The Bertz CT molecular complexity index is 873. The number of hydrogen-bond donors (Lipinski definition) is 3. The van der Waals surface area contributed by atoms with Gasteiger partial charge in [-0.25, -0.2) is 4.79 Å². The van der Waals surface area contributed by atoms with Crippen LogP contribution in [0.25, 0.3) is 3.58 Å². The van der Waals surface area contributed by atoms with Crippen LogP contribution in [0.2, 0.25) is 0 Å². The second-order valence-electron chi connectivity index (χ2n) is 7.99. The van der Waals surface area contributed by atoms with Crippen LogP contribution in [0.5, 0.6) is 0 Å². The van der Waals surface area contributed by atoms with Gasteiger partial charge >= 0.3 is 160 Å². The molecule has 0 bridgehead atoms. The van der Waals surface area contributed by atoms with Gasteiger partial charge in [-0.3, -0.25) is 0 Å². The molecule has 0 atom stereocenters. The maximum atomic E-state index is 13.1. The number of fused-ring (bicyclic) bond motifs is 1. The maximum absolute atomic E-state index is 13.1. The molecule has 1 aromatic rings. The fourth-order valence-corrected chi connectivity index (χ4v) is 7.61. The second kappa shape index (κ2) is 9.60. The van der Waals surface area contributed by atoms with Crippen molar-refractivity contribution >= 4 is 59.9 Å². The zero-order chi connectivity index (χ0) is 21.9. The Morgan fingerprint density at radius 3 is 2.80 bits per heavy atom. The van der Waals surface area contributed by atoms with E-state index < -0.39 is 16.8 Å². The number of aliphatic hydroxyl groups is 2. The first-order valence-corrected chi connectivity index (χ1v) is 13.8. The van der Waals surface area contributed by atoms with Gasteiger partial charge in [0.15, 0.2) is 0 Å². The van der Waals surface area contributed by atoms with E-state index in [1.165, 1.54) is 19.8 Å². The summed E-state index contributed by atoms with van der Waals surface area (Å²) in [7, 11) is 0. The van der Waals surface area contributed by atoms with Gasteiger partial charge in [0, 0.05) is 0 Å². The Morgan fingerprint density at radius 1 is 1.37 bits per heavy atom. The van der Waals surface area contributed by atoms with E-state index in [1.54, 1.807) is 20.8 Å². The number of halogens is 1. The van der Waals surface area contributed by atoms with Gasteiger partial charge in [-0.1, -0.05) is 0 Å². The summed E-state index contributed by atoms with van der Waals surface area (Å²) in [5.74, 6) is -0.175. The Hall–Kier alpha value is -1.08. The van der Waals surface area contributed by atoms with Gasteiger partial charge in [0.1, 0.15) is 5.60 Å². The van der Waals surface area contributed by atoms with E-state index in [1.807, 2.05) is 12.1 Å². The predicted octanol–water partition coefficient (Wildman–Crippen LogP) is 3.81. The van der Waals surface area contributed by atoms with Crippen LogP contribution in [0.3, 0.4) is 0 Å². The number of amides is 2. The molecular formula is C20H27IN2O5S2. The topological polar surface area (TPSA) is 99.1 Å². The van der Waals surface area contributed by atoms with Gasteiger partial charge < -0.3 is 4.74 Å². The third-order valence-corrected chi connectivity index (χ3v) is 9.40. The molecule has 0 spiro atoms. The van der Waals surface area contributed by atoms with Gasteiger partial charge in [-0.2, -0.15) is 0 Å². The zero-order valence-corrected chi connectivity index (χ0v) is 21.1. The van der Waals surface area contributed by atoms with E-state index in [4.69, 9.17) is 4.74 Å². The molecule has 1 aromatic heterocycles. The molecule has 7 nitrogen and oxygen atoms in total. The molecule has 0 unspecified atom stereocenters. The van der Waals surface area contributed by atoms with Crippen molar-refractivity contribution in [3.8, 4) is 0 Å². The molecule has 0 saturated carbocycles. The summed E-state index contributed by atoms with van der Waals surface area (Å²) in [5.41, 5.74) is -0.546. The molecule has 30 heavy (non-hydrogen) atoms. The number of β-amino-alcohol motifs (C(OH)–C–C–N with tert-alkyl or cyclic N) is 2. The monoisotopic (exact) mass is 566 g/mol. The van der Waals surface area contributed by atoms with Crippen molar-refractivity contribution in [3.63, 3.8) is 0 Å². The normalized spacial score (nSPS) is 18.4. The first-order chi connectivity index (χ1) is 14.0. The average molecular weight is 566 g/mol. The van der Waals surface area contributed by atoms with Crippen molar-refractivity contribution in [2.75, 3.05) is 19.6 Å². The molecule has 0 fully saturated rings. The Morgan fingerprint density at radius 2 is 2.13 bits per heavy atom. The number of nitrogens with zero attached hydrogens (tertiary/aromatic N) is 1. The standard InChI is InChI=1S/C20H27IN2O5S2/c1-19(2,3)28-18(25)22-9-4-5-10-23-12-20(26,27)30-15-11-14(13-7-6-8-21-13)29-16(15)17(23)24/h6-8,11,21,26-27H,4-5,9-10,12H2,1-3H3,(H,22,25). The first kappa shape index (κ1) is 23.6. The number of nitrogens with one attached hydrogen (secondary N) is 1. The van der Waals surface area contributed by atoms with E-state index in [0.29, 0.717) is 35.7 Å². The predicted molar refractivity (Wildman–Crippen MR) is 129 cm³/mol. The van der Waals surface area contributed by atoms with E-state index in [-0.39, 0.29) is 33.7 Å². The molecule has 2 aliphatic heterocycles. The number of hydrogen-bond acceptors (Lipinski definition) is 7. The van der Waals surface area contributed by atoms with Crippen LogP contribution in [0.4, 0.5) is 4.79 Å². The molecule has 0 radical (unpaired) electrons. The molecule has 2 aliphatic rings. The molecule has 2 amide bonds. The summed E-state index contributed by atoms with van der Waals surface area (Å²) < 4.78 is 8.63. The van der Waals surface area contributed by atoms with Crippen molar-refractivity contribution in [1.29, 1.82) is 0 Å². The summed E-state index contributed by atoms with van der Waals surface area (Å²) in [6.07, 6.45) is 4.91. The Kier molecular flexibility index (Phi) is 7.54. The van der Waals surface area contributed by atoms with Crippen molar-refractivity contribution in [3.05, 3.63) is 32.1 Å². The van der Waals surface area contributed by atoms with Gasteiger partial charge in [0.25, 0.3) is 0 Å². The molecule has 0 saturated heterocycles. The summed E-state index contributed by atoms with van der Waals surface area (Å²) in [4.78, 5) is 28.5. The van der Waals surface area contributed by atoms with Gasteiger partial charge in [0.2, 0.25) is 0 Å². The van der Waals surface area contributed by atoms with E-state index in [9.17, 15) is 19.8 Å². The fraction of sp³-hybridized carbons (Fsp3) is 0.500.